The Kier molecular flexibility index (Phi) is 5.51. The van der Waals surface area contributed by atoms with Crippen molar-refractivity contribution in [3.63, 3.8) is 0 Å². The Balaban J connectivity index is 2.68. The largest absolute Gasteiger partial charge is 0.372 e. The Bertz CT molecular complexity index is 443. The first-order valence-corrected chi connectivity index (χ1v) is 6.08. The fraction of sp³-hybridized carbons (Fsp3) is 0.429. The van der Waals surface area contributed by atoms with Gasteiger partial charge in [-0.25, -0.2) is 0 Å². The summed E-state index contributed by atoms with van der Waals surface area (Å²) in [4.78, 5) is 24.8. The van der Waals surface area contributed by atoms with Gasteiger partial charge in [-0.1, -0.05) is 12.1 Å². The number of hydrogen-bond donors (Lipinski definition) is 1. The molecule has 0 spiro atoms. The molecule has 1 rings (SSSR count). The number of nitrogens with zero attached hydrogens (tertiary/aromatic N) is 1. The van der Waals surface area contributed by atoms with Gasteiger partial charge in [0.25, 0.3) is 11.8 Å². The first-order chi connectivity index (χ1) is 8.99. The summed E-state index contributed by atoms with van der Waals surface area (Å²) in [5, 5.41) is 2.56. The predicted molar refractivity (Wildman–Crippen MR) is 72.8 cm³/mol. The summed E-state index contributed by atoms with van der Waals surface area (Å²) in [7, 11) is 4.83. The molecule has 5 nitrogen and oxygen atoms in total. The van der Waals surface area contributed by atoms with Gasteiger partial charge in [-0.3, -0.25) is 9.59 Å². The zero-order valence-corrected chi connectivity index (χ0v) is 11.8. The van der Waals surface area contributed by atoms with Gasteiger partial charge in [-0.05, 0) is 24.6 Å². The topological polar surface area (TPSA) is 58.6 Å². The standard InChI is InChI=1S/C14H20N2O3/c1-10(19-4)14(18)16(3)9-11-5-7-12(8-6-11)13(17)15-2/h5-8,10H,9H2,1-4H3,(H,15,17)/t10-/m1/s1. The number of likely N-dealkylation sites (N-methyl/N-ethyl adjacent to an activating group) is 1. The van der Waals surface area contributed by atoms with E-state index in [4.69, 9.17) is 4.74 Å². The zero-order valence-electron chi connectivity index (χ0n) is 11.8. The highest BCUT2D eigenvalue weighted by atomic mass is 16.5. The van der Waals surface area contributed by atoms with Crippen LogP contribution in [-0.2, 0) is 16.1 Å². The Morgan fingerprint density at radius 3 is 2.37 bits per heavy atom. The number of amides is 2. The van der Waals surface area contributed by atoms with Crippen molar-refractivity contribution in [1.82, 2.24) is 10.2 Å². The van der Waals surface area contributed by atoms with Crippen LogP contribution < -0.4 is 5.32 Å². The Morgan fingerprint density at radius 1 is 1.32 bits per heavy atom. The maximum Gasteiger partial charge on any atom is 0.251 e. The normalized spacial score (nSPS) is 11.8. The lowest BCUT2D eigenvalue weighted by atomic mass is 10.1. The molecule has 5 heteroatoms. The van der Waals surface area contributed by atoms with Gasteiger partial charge in [-0.2, -0.15) is 0 Å². The molecule has 0 bridgehead atoms. The van der Waals surface area contributed by atoms with E-state index in [1.165, 1.54) is 7.11 Å². The second kappa shape index (κ2) is 6.89. The van der Waals surface area contributed by atoms with Crippen molar-refractivity contribution < 1.29 is 14.3 Å². The van der Waals surface area contributed by atoms with Gasteiger partial charge in [-0.15, -0.1) is 0 Å². The molecular weight excluding hydrogens is 244 g/mol. The van der Waals surface area contributed by atoms with E-state index in [1.54, 1.807) is 38.1 Å². The molecule has 0 aromatic heterocycles. The summed E-state index contributed by atoms with van der Waals surface area (Å²) in [5.41, 5.74) is 1.57. The molecule has 1 aromatic rings. The lowest BCUT2D eigenvalue weighted by Crippen LogP contribution is -2.35. The highest BCUT2D eigenvalue weighted by Crippen LogP contribution is 2.08. The van der Waals surface area contributed by atoms with E-state index in [1.807, 2.05) is 12.1 Å². The number of rotatable bonds is 5. The summed E-state index contributed by atoms with van der Waals surface area (Å²) in [6, 6.07) is 7.16. The van der Waals surface area contributed by atoms with Crippen molar-refractivity contribution in [2.24, 2.45) is 0 Å². The van der Waals surface area contributed by atoms with E-state index in [0.717, 1.165) is 5.56 Å². The average Bonchev–Trinajstić information content (AvgIpc) is 2.45. The molecule has 0 saturated heterocycles. The second-order valence-corrected chi connectivity index (χ2v) is 4.35. The van der Waals surface area contributed by atoms with Crippen LogP contribution in [0.1, 0.15) is 22.8 Å². The Labute approximate surface area is 113 Å². The highest BCUT2D eigenvalue weighted by molar-refractivity contribution is 5.93. The minimum atomic E-state index is -0.449. The van der Waals surface area contributed by atoms with Crippen molar-refractivity contribution in [1.29, 1.82) is 0 Å². The quantitative estimate of drug-likeness (QED) is 0.864. The number of hydrogen-bond acceptors (Lipinski definition) is 3. The maximum absolute atomic E-state index is 11.8. The zero-order chi connectivity index (χ0) is 14.4. The average molecular weight is 264 g/mol. The van der Waals surface area contributed by atoms with Gasteiger partial charge in [0, 0.05) is 33.3 Å². The molecule has 0 fully saturated rings. The molecule has 1 aromatic carbocycles. The highest BCUT2D eigenvalue weighted by Gasteiger charge is 2.16. The molecule has 1 N–H and O–H groups in total. The van der Waals surface area contributed by atoms with Crippen molar-refractivity contribution in [3.05, 3.63) is 35.4 Å². The van der Waals surface area contributed by atoms with Crippen LogP contribution in [0.15, 0.2) is 24.3 Å². The third-order valence-corrected chi connectivity index (χ3v) is 2.94. The van der Waals surface area contributed by atoms with Gasteiger partial charge in [0.1, 0.15) is 6.10 Å². The summed E-state index contributed by atoms with van der Waals surface area (Å²) in [6.45, 7) is 2.20. The van der Waals surface area contributed by atoms with Gasteiger partial charge in [0.05, 0.1) is 0 Å². The van der Waals surface area contributed by atoms with E-state index in [-0.39, 0.29) is 11.8 Å². The number of ether oxygens (including phenoxy) is 1. The fourth-order valence-electron chi connectivity index (χ4n) is 1.67. The molecule has 0 aliphatic carbocycles. The first-order valence-electron chi connectivity index (χ1n) is 6.08. The van der Waals surface area contributed by atoms with E-state index in [2.05, 4.69) is 5.32 Å². The van der Waals surface area contributed by atoms with Gasteiger partial charge >= 0.3 is 0 Å². The summed E-state index contributed by atoms with van der Waals surface area (Å²) >= 11 is 0. The van der Waals surface area contributed by atoms with E-state index in [9.17, 15) is 9.59 Å². The smallest absolute Gasteiger partial charge is 0.251 e. The predicted octanol–water partition coefficient (Wildman–Crippen LogP) is 1.04. The molecule has 0 heterocycles. The van der Waals surface area contributed by atoms with E-state index < -0.39 is 6.10 Å². The molecule has 0 aliphatic rings. The van der Waals surface area contributed by atoms with Crippen LogP contribution in [0.25, 0.3) is 0 Å². The van der Waals surface area contributed by atoms with Crippen molar-refractivity contribution in [2.75, 3.05) is 21.2 Å². The lowest BCUT2D eigenvalue weighted by molar-refractivity contribution is -0.140. The van der Waals surface area contributed by atoms with Crippen LogP contribution in [0.5, 0.6) is 0 Å². The van der Waals surface area contributed by atoms with Crippen LogP contribution in [0.2, 0.25) is 0 Å². The molecule has 104 valence electrons. The summed E-state index contributed by atoms with van der Waals surface area (Å²) < 4.78 is 4.99. The van der Waals surface area contributed by atoms with E-state index >= 15 is 0 Å². The number of carbonyl (C=O) groups excluding carboxylic acids is 2. The molecule has 1 atom stereocenters. The third-order valence-electron chi connectivity index (χ3n) is 2.94. The monoisotopic (exact) mass is 264 g/mol. The molecule has 2 amide bonds. The van der Waals surface area contributed by atoms with Crippen LogP contribution >= 0.6 is 0 Å². The van der Waals surface area contributed by atoms with Crippen LogP contribution in [0, 0.1) is 0 Å². The molecule has 0 unspecified atom stereocenters. The molecule has 0 radical (unpaired) electrons. The summed E-state index contributed by atoms with van der Waals surface area (Å²) in [5.74, 6) is -0.193. The minimum absolute atomic E-state index is 0.0714. The molecular formula is C14H20N2O3. The molecule has 19 heavy (non-hydrogen) atoms. The van der Waals surface area contributed by atoms with Gasteiger partial charge < -0.3 is 15.0 Å². The summed E-state index contributed by atoms with van der Waals surface area (Å²) in [6.07, 6.45) is -0.449. The van der Waals surface area contributed by atoms with Crippen molar-refractivity contribution in [2.45, 2.75) is 19.6 Å². The van der Waals surface area contributed by atoms with Crippen LogP contribution in [-0.4, -0.2) is 44.0 Å². The Hall–Kier alpha value is -1.88. The number of carbonyl (C=O) groups is 2. The second-order valence-electron chi connectivity index (χ2n) is 4.35. The lowest BCUT2D eigenvalue weighted by Gasteiger charge is -2.20. The number of benzene rings is 1. The third kappa shape index (κ3) is 4.06. The van der Waals surface area contributed by atoms with Crippen LogP contribution in [0.3, 0.4) is 0 Å². The number of methoxy groups -OCH3 is 1. The maximum atomic E-state index is 11.8. The number of nitrogens with one attached hydrogen (secondary N) is 1. The molecule has 0 aliphatic heterocycles. The van der Waals surface area contributed by atoms with E-state index in [0.29, 0.717) is 12.1 Å². The van der Waals surface area contributed by atoms with Crippen molar-refractivity contribution in [3.8, 4) is 0 Å². The van der Waals surface area contributed by atoms with Crippen LogP contribution in [0.4, 0.5) is 0 Å². The first kappa shape index (κ1) is 15.2. The Morgan fingerprint density at radius 2 is 1.89 bits per heavy atom. The van der Waals surface area contributed by atoms with Gasteiger partial charge in [0.15, 0.2) is 0 Å². The van der Waals surface area contributed by atoms with Crippen molar-refractivity contribution >= 4 is 11.8 Å². The fourth-order valence-corrected chi connectivity index (χ4v) is 1.67. The van der Waals surface area contributed by atoms with Gasteiger partial charge in [0.2, 0.25) is 0 Å². The minimum Gasteiger partial charge on any atom is -0.372 e. The SMILES string of the molecule is CNC(=O)c1ccc(CN(C)C(=O)[C@@H](C)OC)cc1. The molecule has 0 saturated carbocycles.